The van der Waals surface area contributed by atoms with E-state index in [0.717, 1.165) is 77.1 Å². The van der Waals surface area contributed by atoms with Gasteiger partial charge in [-0.25, -0.2) is 9.97 Å². The zero-order valence-corrected chi connectivity index (χ0v) is 20.8. The van der Waals surface area contributed by atoms with Gasteiger partial charge in [0, 0.05) is 42.1 Å². The number of aryl methyl sites for hydroxylation is 3. The first-order valence-electron chi connectivity index (χ1n) is 12.5. The number of hydrogen-bond donors (Lipinski definition) is 3. The van der Waals surface area contributed by atoms with Crippen molar-refractivity contribution in [1.29, 1.82) is 0 Å². The Morgan fingerprint density at radius 1 is 1.23 bits per heavy atom. The van der Waals surface area contributed by atoms with Crippen molar-refractivity contribution in [1.82, 2.24) is 29.7 Å². The lowest BCUT2D eigenvalue weighted by molar-refractivity contribution is 0.0939. The van der Waals surface area contributed by atoms with Crippen molar-refractivity contribution in [3.63, 3.8) is 0 Å². The minimum absolute atomic E-state index is 0.105. The van der Waals surface area contributed by atoms with Gasteiger partial charge in [0.2, 0.25) is 0 Å². The number of likely N-dealkylation sites (tertiary alicyclic amines) is 1. The van der Waals surface area contributed by atoms with E-state index in [2.05, 4.69) is 51.8 Å². The lowest BCUT2D eigenvalue weighted by atomic mass is 10.1. The molecule has 1 saturated heterocycles. The van der Waals surface area contributed by atoms with E-state index in [1.54, 1.807) is 0 Å². The van der Waals surface area contributed by atoms with Gasteiger partial charge < -0.3 is 20.0 Å². The average Bonchev–Trinajstić information content (AvgIpc) is 3.56. The third kappa shape index (κ3) is 4.68. The summed E-state index contributed by atoms with van der Waals surface area (Å²) in [5.74, 6) is 0.920. The van der Waals surface area contributed by atoms with Crippen LogP contribution in [0.2, 0.25) is 0 Å². The summed E-state index contributed by atoms with van der Waals surface area (Å²) >= 11 is 0. The van der Waals surface area contributed by atoms with E-state index in [0.29, 0.717) is 18.8 Å². The third-order valence-corrected chi connectivity index (χ3v) is 7.08. The van der Waals surface area contributed by atoms with Crippen LogP contribution in [0, 0.1) is 13.8 Å². The number of H-pyrrole nitrogens is 1. The number of nitrogens with one attached hydrogen (secondary N) is 2. The van der Waals surface area contributed by atoms with Crippen LogP contribution < -0.4 is 5.32 Å². The molecule has 3 aromatic heterocycles. The zero-order chi connectivity index (χ0) is 24.5. The van der Waals surface area contributed by atoms with E-state index in [-0.39, 0.29) is 18.6 Å². The Morgan fingerprint density at radius 3 is 2.89 bits per heavy atom. The number of aromatic amines is 1. The summed E-state index contributed by atoms with van der Waals surface area (Å²) in [6.07, 6.45) is 2.97. The summed E-state index contributed by atoms with van der Waals surface area (Å²) in [5, 5.41) is 13.5. The minimum atomic E-state index is -0.105. The van der Waals surface area contributed by atoms with Gasteiger partial charge in [0.05, 0.1) is 13.2 Å². The molecule has 0 saturated carbocycles. The summed E-state index contributed by atoms with van der Waals surface area (Å²) in [7, 11) is 0. The predicted molar refractivity (Wildman–Crippen MR) is 138 cm³/mol. The number of benzene rings is 1. The number of pyridine rings is 1. The number of aliphatic hydroxyl groups is 1. The van der Waals surface area contributed by atoms with Crippen molar-refractivity contribution in [3.8, 4) is 0 Å². The monoisotopic (exact) mass is 474 g/mol. The molecule has 8 nitrogen and oxygen atoms in total. The normalized spacial score (nSPS) is 16.5. The van der Waals surface area contributed by atoms with Crippen LogP contribution in [0.5, 0.6) is 0 Å². The molecule has 184 valence electrons. The Morgan fingerprint density at radius 2 is 2.09 bits per heavy atom. The van der Waals surface area contributed by atoms with E-state index in [4.69, 9.17) is 9.97 Å². The van der Waals surface area contributed by atoms with Crippen molar-refractivity contribution in [3.05, 3.63) is 58.7 Å². The highest BCUT2D eigenvalue weighted by molar-refractivity contribution is 5.98. The second-order valence-electron chi connectivity index (χ2n) is 9.60. The molecule has 3 N–H and O–H groups in total. The molecular formula is C27H34N6O2. The molecule has 1 aromatic carbocycles. The topological polar surface area (TPSA) is 99.1 Å². The number of rotatable bonds is 8. The number of imidazole rings is 1. The Hall–Kier alpha value is -3.23. The van der Waals surface area contributed by atoms with Crippen molar-refractivity contribution < 1.29 is 9.90 Å². The number of fused-ring (bicyclic) bond motifs is 2. The van der Waals surface area contributed by atoms with Gasteiger partial charge in [0.1, 0.15) is 17.0 Å². The van der Waals surface area contributed by atoms with E-state index in [9.17, 15) is 9.90 Å². The van der Waals surface area contributed by atoms with Crippen molar-refractivity contribution in [2.45, 2.75) is 52.6 Å². The maximum absolute atomic E-state index is 12.7. The number of carbonyl (C=O) groups is 1. The molecule has 8 heteroatoms. The number of aliphatic hydroxyl groups excluding tert-OH is 1. The maximum atomic E-state index is 12.7. The van der Waals surface area contributed by atoms with Crippen molar-refractivity contribution >= 4 is 28.0 Å². The lowest BCUT2D eigenvalue weighted by Crippen LogP contribution is -2.39. The van der Waals surface area contributed by atoms with Gasteiger partial charge in [-0.15, -0.1) is 0 Å². The zero-order valence-electron chi connectivity index (χ0n) is 20.8. The highest BCUT2D eigenvalue weighted by Crippen LogP contribution is 2.23. The molecule has 0 unspecified atom stereocenters. The first kappa shape index (κ1) is 23.5. The minimum Gasteiger partial charge on any atom is -0.395 e. The van der Waals surface area contributed by atoms with Gasteiger partial charge in [-0.2, -0.15) is 0 Å². The summed E-state index contributed by atoms with van der Waals surface area (Å²) in [6, 6.07) is 10.5. The average molecular weight is 475 g/mol. The van der Waals surface area contributed by atoms with Crippen LogP contribution in [-0.2, 0) is 13.0 Å². The molecule has 0 bridgehead atoms. The van der Waals surface area contributed by atoms with Gasteiger partial charge in [-0.1, -0.05) is 13.0 Å². The van der Waals surface area contributed by atoms with E-state index >= 15 is 0 Å². The quantitative estimate of drug-likeness (QED) is 0.364. The SMILES string of the molecule is CCc1nc2c(C)cc(C)nc2n1Cc1ccc2[nH]c(C(=O)NCCN3CCC[C@H]3CO)cc2c1. The second-order valence-corrected chi connectivity index (χ2v) is 9.60. The number of carbonyl (C=O) groups excluding carboxylic acids is 1. The van der Waals surface area contributed by atoms with Crippen LogP contribution in [0.25, 0.3) is 22.1 Å². The molecule has 1 fully saturated rings. The highest BCUT2D eigenvalue weighted by atomic mass is 16.3. The Bertz CT molecular complexity index is 1370. The number of aromatic nitrogens is 4. The molecule has 4 aromatic rings. The highest BCUT2D eigenvalue weighted by Gasteiger charge is 2.23. The number of nitrogens with zero attached hydrogens (tertiary/aromatic N) is 4. The van der Waals surface area contributed by atoms with Gasteiger partial charge in [0.25, 0.3) is 5.91 Å². The fourth-order valence-corrected chi connectivity index (χ4v) is 5.27. The van der Waals surface area contributed by atoms with Gasteiger partial charge in [-0.05, 0) is 68.6 Å². The van der Waals surface area contributed by atoms with Crippen molar-refractivity contribution in [2.75, 3.05) is 26.2 Å². The standard InChI is InChI=1S/C27H34N6O2/c1-4-24-31-25-17(2)12-18(3)29-26(25)33(24)15-19-7-8-22-20(13-19)14-23(30-22)27(35)28-9-11-32-10-5-6-21(32)16-34/h7-8,12-14,21,30,34H,4-6,9-11,15-16H2,1-3H3,(H,28,35)/t21-/m0/s1. The number of amides is 1. The van der Waals surface area contributed by atoms with Crippen LogP contribution in [0.15, 0.2) is 30.3 Å². The summed E-state index contributed by atoms with van der Waals surface area (Å²) in [4.78, 5) is 27.9. The van der Waals surface area contributed by atoms with E-state index in [1.807, 2.05) is 19.1 Å². The second kappa shape index (κ2) is 9.79. The van der Waals surface area contributed by atoms with Crippen molar-refractivity contribution in [2.24, 2.45) is 0 Å². The van der Waals surface area contributed by atoms with E-state index in [1.165, 1.54) is 0 Å². The molecule has 1 amide bonds. The predicted octanol–water partition coefficient (Wildman–Crippen LogP) is 3.33. The Balaban J connectivity index is 1.32. The Kier molecular flexibility index (Phi) is 6.58. The van der Waals surface area contributed by atoms with Gasteiger partial charge in [0.15, 0.2) is 5.65 Å². The fourth-order valence-electron chi connectivity index (χ4n) is 5.27. The molecule has 0 spiro atoms. The van der Waals surface area contributed by atoms with Crippen LogP contribution in [0.4, 0.5) is 0 Å². The molecule has 1 aliphatic rings. The molecule has 4 heterocycles. The van der Waals surface area contributed by atoms with Crippen LogP contribution >= 0.6 is 0 Å². The Labute approximate surface area is 205 Å². The van der Waals surface area contributed by atoms with Crippen LogP contribution in [0.1, 0.15) is 52.9 Å². The number of hydrogen-bond acceptors (Lipinski definition) is 5. The first-order valence-corrected chi connectivity index (χ1v) is 12.5. The molecule has 5 rings (SSSR count). The lowest BCUT2D eigenvalue weighted by Gasteiger charge is -2.22. The fraction of sp³-hybridized carbons (Fsp3) is 0.444. The third-order valence-electron chi connectivity index (χ3n) is 7.08. The molecule has 0 aliphatic carbocycles. The maximum Gasteiger partial charge on any atom is 0.267 e. The van der Waals surface area contributed by atoms with Crippen LogP contribution in [0.3, 0.4) is 0 Å². The summed E-state index contributed by atoms with van der Waals surface area (Å²) in [5.41, 5.74) is 6.68. The summed E-state index contributed by atoms with van der Waals surface area (Å²) < 4.78 is 2.20. The van der Waals surface area contributed by atoms with Crippen LogP contribution in [-0.4, -0.2) is 67.7 Å². The largest absolute Gasteiger partial charge is 0.395 e. The molecule has 35 heavy (non-hydrogen) atoms. The summed E-state index contributed by atoms with van der Waals surface area (Å²) in [6.45, 7) is 9.39. The van der Waals surface area contributed by atoms with E-state index < -0.39 is 0 Å². The molecule has 1 aliphatic heterocycles. The first-order chi connectivity index (χ1) is 17.0. The molecule has 1 atom stereocenters. The van der Waals surface area contributed by atoms with Gasteiger partial charge in [-0.3, -0.25) is 9.69 Å². The molecular weight excluding hydrogens is 440 g/mol. The molecule has 0 radical (unpaired) electrons. The smallest absolute Gasteiger partial charge is 0.267 e. The van der Waals surface area contributed by atoms with Gasteiger partial charge >= 0.3 is 0 Å².